The Balaban J connectivity index is 2.58. The van der Waals surface area contributed by atoms with Gasteiger partial charge < -0.3 is 4.74 Å². The van der Waals surface area contributed by atoms with Crippen LogP contribution >= 0.6 is 0 Å². The third kappa shape index (κ3) is 1.65. The maximum absolute atomic E-state index is 11.7. The Labute approximate surface area is 90.3 Å². The molecule has 15 heavy (non-hydrogen) atoms. The molecule has 2 nitrogen and oxygen atoms in total. The molecule has 0 aliphatic heterocycles. The molecule has 0 saturated heterocycles. The fourth-order valence-corrected chi connectivity index (χ4v) is 2.21. The Kier molecular flexibility index (Phi) is 2.51. The van der Waals surface area contributed by atoms with Crippen molar-refractivity contribution in [1.29, 1.82) is 0 Å². The van der Waals surface area contributed by atoms with E-state index in [-0.39, 0.29) is 5.78 Å². The monoisotopic (exact) mass is 204 g/mol. The minimum absolute atomic E-state index is 0.272. The van der Waals surface area contributed by atoms with Gasteiger partial charge in [-0.05, 0) is 42.5 Å². The summed E-state index contributed by atoms with van der Waals surface area (Å²) in [5, 5.41) is 0. The van der Waals surface area contributed by atoms with E-state index in [2.05, 4.69) is 6.92 Å². The number of Topliss-reactive ketones (excluding diaryl/α,β-unsaturated/α-hetero) is 1. The SMILES string of the molecule is COc1cc2c(cc1C)C(=O)CC[C@H]2C. The van der Waals surface area contributed by atoms with Crippen LogP contribution in [0.3, 0.4) is 0 Å². The Morgan fingerprint density at radius 3 is 2.80 bits per heavy atom. The Bertz CT molecular complexity index is 407. The molecule has 0 heterocycles. The van der Waals surface area contributed by atoms with E-state index < -0.39 is 0 Å². The maximum atomic E-state index is 11.7. The fraction of sp³-hybridized carbons (Fsp3) is 0.462. The predicted octanol–water partition coefficient (Wildman–Crippen LogP) is 3.08. The molecule has 1 aliphatic rings. The Morgan fingerprint density at radius 2 is 2.13 bits per heavy atom. The summed E-state index contributed by atoms with van der Waals surface area (Å²) in [4.78, 5) is 11.7. The van der Waals surface area contributed by atoms with Gasteiger partial charge in [0.25, 0.3) is 0 Å². The Morgan fingerprint density at radius 1 is 1.40 bits per heavy atom. The highest BCUT2D eigenvalue weighted by molar-refractivity contribution is 5.99. The molecule has 0 bridgehead atoms. The highest BCUT2D eigenvalue weighted by atomic mass is 16.5. The van der Waals surface area contributed by atoms with Gasteiger partial charge in [0.1, 0.15) is 5.75 Å². The average molecular weight is 204 g/mol. The molecular formula is C13H16O2. The third-order valence-corrected chi connectivity index (χ3v) is 3.20. The maximum Gasteiger partial charge on any atom is 0.163 e. The first-order chi connectivity index (χ1) is 7.13. The van der Waals surface area contributed by atoms with E-state index in [1.165, 1.54) is 0 Å². The molecule has 0 spiro atoms. The molecule has 1 aromatic rings. The Hall–Kier alpha value is -1.31. The predicted molar refractivity (Wildman–Crippen MR) is 59.7 cm³/mol. The molecule has 80 valence electrons. The molecule has 0 amide bonds. The zero-order valence-corrected chi connectivity index (χ0v) is 9.46. The van der Waals surface area contributed by atoms with Crippen LogP contribution in [0.2, 0.25) is 0 Å². The minimum atomic E-state index is 0.272. The fourth-order valence-electron chi connectivity index (χ4n) is 2.21. The van der Waals surface area contributed by atoms with Crippen molar-refractivity contribution in [3.05, 3.63) is 28.8 Å². The van der Waals surface area contributed by atoms with Crippen LogP contribution < -0.4 is 4.74 Å². The summed E-state index contributed by atoms with van der Waals surface area (Å²) >= 11 is 0. The quantitative estimate of drug-likeness (QED) is 0.702. The van der Waals surface area contributed by atoms with Crippen molar-refractivity contribution < 1.29 is 9.53 Å². The second-order valence-corrected chi connectivity index (χ2v) is 4.27. The van der Waals surface area contributed by atoms with Gasteiger partial charge in [0.05, 0.1) is 7.11 Å². The zero-order valence-electron chi connectivity index (χ0n) is 9.46. The van der Waals surface area contributed by atoms with Crippen LogP contribution in [0.4, 0.5) is 0 Å². The zero-order chi connectivity index (χ0) is 11.0. The lowest BCUT2D eigenvalue weighted by Gasteiger charge is -2.22. The lowest BCUT2D eigenvalue weighted by molar-refractivity contribution is 0.0968. The standard InChI is InChI=1S/C13H16O2/c1-8-4-5-12(14)11-6-9(2)13(15-3)7-10(8)11/h6-8H,4-5H2,1-3H3/t8-/m1/s1. The highest BCUT2D eigenvalue weighted by Crippen LogP contribution is 2.35. The van der Waals surface area contributed by atoms with E-state index in [4.69, 9.17) is 4.74 Å². The number of aryl methyl sites for hydroxylation is 1. The number of ether oxygens (including phenoxy) is 1. The summed E-state index contributed by atoms with van der Waals surface area (Å²) in [5.74, 6) is 1.62. The van der Waals surface area contributed by atoms with Gasteiger partial charge in [0, 0.05) is 12.0 Å². The van der Waals surface area contributed by atoms with E-state index in [9.17, 15) is 4.79 Å². The van der Waals surface area contributed by atoms with Crippen molar-refractivity contribution >= 4 is 5.78 Å². The molecule has 0 aromatic heterocycles. The molecule has 1 atom stereocenters. The van der Waals surface area contributed by atoms with Crippen LogP contribution in [0.5, 0.6) is 5.75 Å². The molecule has 2 rings (SSSR count). The number of carbonyl (C=O) groups is 1. The van der Waals surface area contributed by atoms with Gasteiger partial charge in [-0.3, -0.25) is 4.79 Å². The van der Waals surface area contributed by atoms with E-state index in [1.807, 2.05) is 19.1 Å². The van der Waals surface area contributed by atoms with Crippen molar-refractivity contribution in [2.45, 2.75) is 32.6 Å². The van der Waals surface area contributed by atoms with Crippen molar-refractivity contribution in [3.8, 4) is 5.75 Å². The second kappa shape index (κ2) is 3.69. The number of rotatable bonds is 1. The molecule has 1 aromatic carbocycles. The number of ketones is 1. The van der Waals surface area contributed by atoms with Crippen molar-refractivity contribution in [1.82, 2.24) is 0 Å². The van der Waals surface area contributed by atoms with Crippen LogP contribution in [0.25, 0.3) is 0 Å². The van der Waals surface area contributed by atoms with E-state index in [1.54, 1.807) is 7.11 Å². The number of fused-ring (bicyclic) bond motifs is 1. The lowest BCUT2D eigenvalue weighted by atomic mass is 9.82. The van der Waals surface area contributed by atoms with Crippen LogP contribution in [0, 0.1) is 6.92 Å². The molecule has 0 fully saturated rings. The molecule has 0 unspecified atom stereocenters. The van der Waals surface area contributed by atoms with E-state index in [0.717, 1.165) is 28.9 Å². The number of carbonyl (C=O) groups excluding carboxylic acids is 1. The van der Waals surface area contributed by atoms with Gasteiger partial charge in [0.2, 0.25) is 0 Å². The molecule has 0 radical (unpaired) electrons. The van der Waals surface area contributed by atoms with Gasteiger partial charge in [-0.1, -0.05) is 6.92 Å². The highest BCUT2D eigenvalue weighted by Gasteiger charge is 2.23. The number of hydrogen-bond donors (Lipinski definition) is 0. The first-order valence-electron chi connectivity index (χ1n) is 5.35. The summed E-state index contributed by atoms with van der Waals surface area (Å²) < 4.78 is 5.28. The first kappa shape index (κ1) is 10.2. The molecule has 0 N–H and O–H groups in total. The second-order valence-electron chi connectivity index (χ2n) is 4.27. The van der Waals surface area contributed by atoms with Crippen LogP contribution in [0.1, 0.15) is 47.2 Å². The minimum Gasteiger partial charge on any atom is -0.496 e. The van der Waals surface area contributed by atoms with Gasteiger partial charge in [-0.15, -0.1) is 0 Å². The molecule has 0 saturated carbocycles. The molecule has 1 aliphatic carbocycles. The van der Waals surface area contributed by atoms with Crippen molar-refractivity contribution in [2.75, 3.05) is 7.11 Å². The van der Waals surface area contributed by atoms with E-state index >= 15 is 0 Å². The normalized spacial score (nSPS) is 19.9. The number of methoxy groups -OCH3 is 1. The van der Waals surface area contributed by atoms with Gasteiger partial charge >= 0.3 is 0 Å². The summed E-state index contributed by atoms with van der Waals surface area (Å²) in [6.07, 6.45) is 1.64. The van der Waals surface area contributed by atoms with Crippen LogP contribution in [-0.4, -0.2) is 12.9 Å². The smallest absolute Gasteiger partial charge is 0.163 e. The molecule has 2 heteroatoms. The largest absolute Gasteiger partial charge is 0.496 e. The average Bonchev–Trinajstić information content (AvgIpc) is 2.23. The lowest BCUT2D eigenvalue weighted by Crippen LogP contribution is -2.14. The van der Waals surface area contributed by atoms with Crippen LogP contribution in [0.15, 0.2) is 12.1 Å². The third-order valence-electron chi connectivity index (χ3n) is 3.20. The van der Waals surface area contributed by atoms with Gasteiger partial charge in [-0.2, -0.15) is 0 Å². The number of benzene rings is 1. The van der Waals surface area contributed by atoms with Crippen LogP contribution in [-0.2, 0) is 0 Å². The first-order valence-corrected chi connectivity index (χ1v) is 5.35. The summed E-state index contributed by atoms with van der Waals surface area (Å²) in [6.45, 7) is 4.14. The molecular weight excluding hydrogens is 188 g/mol. The van der Waals surface area contributed by atoms with E-state index in [0.29, 0.717) is 12.3 Å². The van der Waals surface area contributed by atoms with Crippen molar-refractivity contribution in [2.24, 2.45) is 0 Å². The van der Waals surface area contributed by atoms with Gasteiger partial charge in [-0.25, -0.2) is 0 Å². The topological polar surface area (TPSA) is 26.3 Å². The summed E-state index contributed by atoms with van der Waals surface area (Å²) in [5.41, 5.74) is 3.08. The summed E-state index contributed by atoms with van der Waals surface area (Å²) in [7, 11) is 1.67. The van der Waals surface area contributed by atoms with Gasteiger partial charge in [0.15, 0.2) is 5.78 Å². The number of hydrogen-bond acceptors (Lipinski definition) is 2. The summed E-state index contributed by atoms with van der Waals surface area (Å²) in [6, 6.07) is 3.98. The van der Waals surface area contributed by atoms with Crippen molar-refractivity contribution in [3.63, 3.8) is 0 Å².